The predicted molar refractivity (Wildman–Crippen MR) is 101 cm³/mol. The minimum atomic E-state index is 0.991. The van der Waals surface area contributed by atoms with Crippen LogP contribution in [0.3, 0.4) is 0 Å². The van der Waals surface area contributed by atoms with E-state index in [9.17, 15) is 0 Å². The molecule has 1 aromatic carbocycles. The van der Waals surface area contributed by atoms with Crippen LogP contribution in [-0.2, 0) is 19.5 Å². The van der Waals surface area contributed by atoms with E-state index in [2.05, 4.69) is 60.6 Å². The van der Waals surface area contributed by atoms with Crippen LogP contribution in [0.25, 0.3) is 11.0 Å². The number of hydrogen-bond acceptors (Lipinski definition) is 2. The van der Waals surface area contributed by atoms with Gasteiger partial charge in [-0.1, -0.05) is 31.2 Å². The molecule has 124 valence electrons. The lowest BCUT2D eigenvalue weighted by Gasteiger charge is -2.31. The van der Waals surface area contributed by atoms with Crippen LogP contribution in [0.15, 0.2) is 36.5 Å². The van der Waals surface area contributed by atoms with E-state index >= 15 is 0 Å². The van der Waals surface area contributed by atoms with Crippen molar-refractivity contribution in [2.75, 3.05) is 11.4 Å². The molecular formula is C21H25N3. The van der Waals surface area contributed by atoms with Gasteiger partial charge >= 0.3 is 0 Å². The monoisotopic (exact) mass is 319 g/mol. The first-order chi connectivity index (χ1) is 11.7. The standard InChI is InChI=1S/C21H25N3/c1-4-12-24-16(3)15(2)20-21(24)19(9-11-22-20)23-13-10-17-7-5-6-8-18(17)14-23/h5-9,11H,4,10,12-14H2,1-3H3. The number of fused-ring (bicyclic) bond motifs is 2. The van der Waals surface area contributed by atoms with Crippen LogP contribution >= 0.6 is 0 Å². The van der Waals surface area contributed by atoms with Gasteiger partial charge in [0.2, 0.25) is 0 Å². The second kappa shape index (κ2) is 5.97. The SMILES string of the molecule is CCCn1c(C)c(C)c2nccc(N3CCc4ccccc4C3)c21. The molecule has 0 saturated carbocycles. The van der Waals surface area contributed by atoms with Crippen LogP contribution in [0.2, 0.25) is 0 Å². The van der Waals surface area contributed by atoms with Gasteiger partial charge in [-0.3, -0.25) is 4.98 Å². The van der Waals surface area contributed by atoms with Gasteiger partial charge in [0, 0.05) is 31.5 Å². The second-order valence-corrected chi connectivity index (χ2v) is 6.83. The van der Waals surface area contributed by atoms with Gasteiger partial charge in [-0.05, 0) is 49.4 Å². The number of anilines is 1. The van der Waals surface area contributed by atoms with E-state index < -0.39 is 0 Å². The van der Waals surface area contributed by atoms with E-state index in [1.165, 1.54) is 33.6 Å². The summed E-state index contributed by atoms with van der Waals surface area (Å²) in [6.45, 7) is 9.79. The first-order valence-electron chi connectivity index (χ1n) is 8.96. The minimum absolute atomic E-state index is 0.991. The molecule has 1 aliphatic heterocycles. The molecule has 1 aliphatic rings. The van der Waals surface area contributed by atoms with E-state index in [-0.39, 0.29) is 0 Å². The molecule has 3 nitrogen and oxygen atoms in total. The predicted octanol–water partition coefficient (Wildman–Crippen LogP) is 4.63. The van der Waals surface area contributed by atoms with Gasteiger partial charge in [-0.15, -0.1) is 0 Å². The molecule has 0 spiro atoms. The molecule has 0 radical (unpaired) electrons. The summed E-state index contributed by atoms with van der Waals surface area (Å²) in [6.07, 6.45) is 4.23. The number of rotatable bonds is 3. The Kier molecular flexibility index (Phi) is 3.79. The van der Waals surface area contributed by atoms with Gasteiger partial charge in [0.05, 0.1) is 16.7 Å². The summed E-state index contributed by atoms with van der Waals surface area (Å²) in [5.74, 6) is 0. The minimum Gasteiger partial charge on any atom is -0.365 e. The fourth-order valence-corrected chi connectivity index (χ4v) is 3.99. The molecule has 3 heterocycles. The molecule has 0 unspecified atom stereocenters. The molecule has 3 aromatic rings. The lowest BCUT2D eigenvalue weighted by Crippen LogP contribution is -2.30. The topological polar surface area (TPSA) is 21.1 Å². The lowest BCUT2D eigenvalue weighted by molar-refractivity contribution is 0.678. The molecule has 3 heteroatoms. The summed E-state index contributed by atoms with van der Waals surface area (Å²) in [5, 5.41) is 0. The maximum Gasteiger partial charge on any atom is 0.0934 e. The van der Waals surface area contributed by atoms with Gasteiger partial charge < -0.3 is 9.47 Å². The molecular weight excluding hydrogens is 294 g/mol. The van der Waals surface area contributed by atoms with Crippen LogP contribution in [-0.4, -0.2) is 16.1 Å². The molecule has 0 bridgehead atoms. The Morgan fingerprint density at radius 1 is 1.08 bits per heavy atom. The number of aromatic nitrogens is 2. The van der Waals surface area contributed by atoms with Crippen LogP contribution < -0.4 is 4.90 Å². The van der Waals surface area contributed by atoms with E-state index in [1.54, 1.807) is 0 Å². The molecule has 0 atom stereocenters. The van der Waals surface area contributed by atoms with Gasteiger partial charge in [-0.25, -0.2) is 0 Å². The van der Waals surface area contributed by atoms with Crippen molar-refractivity contribution in [3.8, 4) is 0 Å². The van der Waals surface area contributed by atoms with Crippen LogP contribution in [0.5, 0.6) is 0 Å². The average molecular weight is 319 g/mol. The quantitative estimate of drug-likeness (QED) is 0.702. The van der Waals surface area contributed by atoms with Crippen LogP contribution in [0, 0.1) is 13.8 Å². The molecule has 0 saturated heterocycles. The van der Waals surface area contributed by atoms with Gasteiger partial charge in [0.1, 0.15) is 0 Å². The Morgan fingerprint density at radius 2 is 1.88 bits per heavy atom. The summed E-state index contributed by atoms with van der Waals surface area (Å²) in [5.41, 5.74) is 9.43. The van der Waals surface area contributed by atoms with Crippen LogP contribution in [0.1, 0.15) is 35.7 Å². The maximum atomic E-state index is 4.70. The molecule has 0 amide bonds. The number of aryl methyl sites for hydroxylation is 2. The summed E-state index contributed by atoms with van der Waals surface area (Å²) >= 11 is 0. The summed E-state index contributed by atoms with van der Waals surface area (Å²) in [7, 11) is 0. The number of pyridine rings is 1. The van der Waals surface area contributed by atoms with Crippen molar-refractivity contribution >= 4 is 16.7 Å². The number of nitrogens with zero attached hydrogens (tertiary/aromatic N) is 3. The maximum absolute atomic E-state index is 4.70. The first-order valence-corrected chi connectivity index (χ1v) is 8.96. The van der Waals surface area contributed by atoms with Gasteiger partial charge in [-0.2, -0.15) is 0 Å². The van der Waals surface area contributed by atoms with Crippen molar-refractivity contribution in [3.05, 3.63) is 58.9 Å². The number of hydrogen-bond donors (Lipinski definition) is 0. The Morgan fingerprint density at radius 3 is 2.67 bits per heavy atom. The van der Waals surface area contributed by atoms with E-state index in [1.807, 2.05) is 6.20 Å². The van der Waals surface area contributed by atoms with Gasteiger partial charge in [0.25, 0.3) is 0 Å². The average Bonchev–Trinajstić information content (AvgIpc) is 2.87. The highest BCUT2D eigenvalue weighted by Gasteiger charge is 2.21. The van der Waals surface area contributed by atoms with Crippen molar-refractivity contribution < 1.29 is 0 Å². The van der Waals surface area contributed by atoms with E-state index in [4.69, 9.17) is 4.98 Å². The molecule has 0 aliphatic carbocycles. The second-order valence-electron chi connectivity index (χ2n) is 6.83. The molecule has 4 rings (SSSR count). The van der Waals surface area contributed by atoms with E-state index in [0.717, 1.165) is 38.0 Å². The normalized spacial score (nSPS) is 14.2. The Bertz CT molecular complexity index is 891. The largest absolute Gasteiger partial charge is 0.365 e. The third-order valence-electron chi connectivity index (χ3n) is 5.39. The Balaban J connectivity index is 1.84. The highest BCUT2D eigenvalue weighted by Crippen LogP contribution is 2.34. The summed E-state index contributed by atoms with van der Waals surface area (Å²) in [6, 6.07) is 11.0. The smallest absolute Gasteiger partial charge is 0.0934 e. The fourth-order valence-electron chi connectivity index (χ4n) is 3.99. The third kappa shape index (κ3) is 2.31. The summed E-state index contributed by atoms with van der Waals surface area (Å²) in [4.78, 5) is 7.22. The van der Waals surface area contributed by atoms with Crippen molar-refractivity contribution in [1.82, 2.24) is 9.55 Å². The van der Waals surface area contributed by atoms with Crippen molar-refractivity contribution in [2.24, 2.45) is 0 Å². The Hall–Kier alpha value is -2.29. The highest BCUT2D eigenvalue weighted by atomic mass is 15.2. The molecule has 2 aromatic heterocycles. The highest BCUT2D eigenvalue weighted by molar-refractivity contribution is 5.92. The zero-order chi connectivity index (χ0) is 16.7. The van der Waals surface area contributed by atoms with Crippen LogP contribution in [0.4, 0.5) is 5.69 Å². The summed E-state index contributed by atoms with van der Waals surface area (Å²) < 4.78 is 2.47. The zero-order valence-electron chi connectivity index (χ0n) is 14.8. The lowest BCUT2D eigenvalue weighted by atomic mass is 9.99. The molecule has 24 heavy (non-hydrogen) atoms. The molecule has 0 fully saturated rings. The first kappa shape index (κ1) is 15.3. The Labute approximate surface area is 143 Å². The van der Waals surface area contributed by atoms with E-state index in [0.29, 0.717) is 0 Å². The zero-order valence-corrected chi connectivity index (χ0v) is 14.8. The van der Waals surface area contributed by atoms with Gasteiger partial charge in [0.15, 0.2) is 0 Å². The van der Waals surface area contributed by atoms with Crippen molar-refractivity contribution in [3.63, 3.8) is 0 Å². The van der Waals surface area contributed by atoms with Crippen molar-refractivity contribution in [2.45, 2.75) is 46.7 Å². The fraction of sp³-hybridized carbons (Fsp3) is 0.381. The van der Waals surface area contributed by atoms with Crippen molar-refractivity contribution in [1.29, 1.82) is 0 Å². The molecule has 0 N–H and O–H groups in total. The number of benzene rings is 1. The third-order valence-corrected chi connectivity index (χ3v) is 5.39.